The lowest BCUT2D eigenvalue weighted by atomic mass is 10.1. The zero-order valence-corrected chi connectivity index (χ0v) is 14.0. The Hall–Kier alpha value is -2.20. The van der Waals surface area contributed by atoms with Gasteiger partial charge in [-0.3, -0.25) is 9.69 Å². The van der Waals surface area contributed by atoms with Crippen LogP contribution >= 0.6 is 0 Å². The Bertz CT molecular complexity index is 672. The highest BCUT2D eigenvalue weighted by Gasteiger charge is 2.26. The van der Waals surface area contributed by atoms with Gasteiger partial charge in [-0.25, -0.2) is 4.39 Å². The summed E-state index contributed by atoms with van der Waals surface area (Å²) >= 11 is 0. The van der Waals surface area contributed by atoms with Crippen LogP contribution in [0.15, 0.2) is 54.6 Å². The number of rotatable bonds is 4. The molecule has 126 valence electrons. The highest BCUT2D eigenvalue weighted by molar-refractivity contribution is 5.78. The van der Waals surface area contributed by atoms with Crippen molar-refractivity contribution in [3.05, 3.63) is 71.5 Å². The third kappa shape index (κ3) is 4.20. The first-order chi connectivity index (χ1) is 11.6. The fraction of sp³-hybridized carbons (Fsp3) is 0.350. The molecule has 0 bridgehead atoms. The van der Waals surface area contributed by atoms with E-state index in [9.17, 15) is 9.18 Å². The van der Waals surface area contributed by atoms with Gasteiger partial charge in [-0.15, -0.1) is 0 Å². The fourth-order valence-corrected chi connectivity index (χ4v) is 3.16. The van der Waals surface area contributed by atoms with Crippen molar-refractivity contribution < 1.29 is 9.18 Å². The molecule has 0 saturated carbocycles. The molecule has 2 aromatic carbocycles. The molecule has 0 N–H and O–H groups in total. The monoisotopic (exact) mass is 326 g/mol. The minimum atomic E-state index is -0.269. The third-order valence-electron chi connectivity index (χ3n) is 4.61. The van der Waals surface area contributed by atoms with E-state index in [1.54, 1.807) is 12.1 Å². The van der Waals surface area contributed by atoms with Crippen molar-refractivity contribution in [2.24, 2.45) is 0 Å². The van der Waals surface area contributed by atoms with Crippen LogP contribution in [0.3, 0.4) is 0 Å². The largest absolute Gasteiger partial charge is 0.340 e. The van der Waals surface area contributed by atoms with Crippen LogP contribution in [0.25, 0.3) is 0 Å². The highest BCUT2D eigenvalue weighted by Crippen LogP contribution is 2.15. The quantitative estimate of drug-likeness (QED) is 0.862. The molecule has 3 nitrogen and oxygen atoms in total. The van der Waals surface area contributed by atoms with Crippen molar-refractivity contribution in [3.8, 4) is 0 Å². The van der Waals surface area contributed by atoms with Gasteiger partial charge >= 0.3 is 0 Å². The second kappa shape index (κ2) is 7.58. The second-order valence-corrected chi connectivity index (χ2v) is 6.45. The maximum Gasteiger partial charge on any atom is 0.227 e. The molecule has 1 heterocycles. The van der Waals surface area contributed by atoms with Crippen LogP contribution in [-0.4, -0.2) is 41.4 Å². The van der Waals surface area contributed by atoms with E-state index in [-0.39, 0.29) is 11.7 Å². The summed E-state index contributed by atoms with van der Waals surface area (Å²) in [6.45, 7) is 5.46. The zero-order chi connectivity index (χ0) is 16.9. The Labute approximate surface area is 142 Å². The number of piperazine rings is 1. The molecule has 1 atom stereocenters. The smallest absolute Gasteiger partial charge is 0.227 e. The van der Waals surface area contributed by atoms with Crippen molar-refractivity contribution in [1.29, 1.82) is 0 Å². The SMILES string of the molecule is CC1CN(C(=O)Cc2ccc(F)cc2)CCN1Cc1ccccc1. The lowest BCUT2D eigenvalue weighted by Crippen LogP contribution is -2.53. The highest BCUT2D eigenvalue weighted by atomic mass is 19.1. The fourth-order valence-electron chi connectivity index (χ4n) is 3.16. The van der Waals surface area contributed by atoms with E-state index < -0.39 is 0 Å². The summed E-state index contributed by atoms with van der Waals surface area (Å²) in [6.07, 6.45) is 0.339. The normalized spacial score (nSPS) is 18.6. The van der Waals surface area contributed by atoms with Crippen LogP contribution in [0, 0.1) is 5.82 Å². The molecule has 1 amide bonds. The first-order valence-electron chi connectivity index (χ1n) is 8.42. The summed E-state index contributed by atoms with van der Waals surface area (Å²) < 4.78 is 13.0. The predicted molar refractivity (Wildman–Crippen MR) is 93.0 cm³/mol. The molecule has 0 spiro atoms. The van der Waals surface area contributed by atoms with Crippen molar-refractivity contribution >= 4 is 5.91 Å². The summed E-state index contributed by atoms with van der Waals surface area (Å²) in [5, 5.41) is 0. The van der Waals surface area contributed by atoms with Gasteiger partial charge in [0.1, 0.15) is 5.82 Å². The minimum absolute atomic E-state index is 0.118. The Morgan fingerprint density at radius 1 is 1.04 bits per heavy atom. The molecule has 24 heavy (non-hydrogen) atoms. The standard InChI is InChI=1S/C20H23FN2O/c1-16-14-23(20(24)13-17-7-9-19(21)10-8-17)12-11-22(16)15-18-5-3-2-4-6-18/h2-10,16H,11-15H2,1H3. The van der Waals surface area contributed by atoms with Crippen LogP contribution in [0.1, 0.15) is 18.1 Å². The van der Waals surface area contributed by atoms with Crippen molar-refractivity contribution in [2.45, 2.75) is 25.9 Å². The molecular formula is C20H23FN2O. The molecule has 0 radical (unpaired) electrons. The molecule has 3 rings (SSSR count). The summed E-state index contributed by atoms with van der Waals surface area (Å²) in [4.78, 5) is 16.8. The average Bonchev–Trinajstić information content (AvgIpc) is 2.59. The van der Waals surface area contributed by atoms with Crippen LogP contribution < -0.4 is 0 Å². The number of hydrogen-bond acceptors (Lipinski definition) is 2. The lowest BCUT2D eigenvalue weighted by Gasteiger charge is -2.40. The number of benzene rings is 2. The van der Waals surface area contributed by atoms with Gasteiger partial charge in [0.05, 0.1) is 6.42 Å². The molecule has 1 aliphatic rings. The Kier molecular flexibility index (Phi) is 5.26. The summed E-state index contributed by atoms with van der Waals surface area (Å²) in [5.41, 5.74) is 2.16. The van der Waals surface area contributed by atoms with Gasteiger partial charge in [0, 0.05) is 32.2 Å². The molecule has 4 heteroatoms. The first kappa shape index (κ1) is 16.7. The van der Waals surface area contributed by atoms with E-state index in [0.717, 1.165) is 31.7 Å². The Balaban J connectivity index is 1.54. The topological polar surface area (TPSA) is 23.6 Å². The molecule has 1 fully saturated rings. The van der Waals surface area contributed by atoms with Gasteiger partial charge in [0.15, 0.2) is 0 Å². The summed E-state index contributed by atoms with van der Waals surface area (Å²) in [6, 6.07) is 16.9. The molecule has 0 aliphatic carbocycles. The van der Waals surface area contributed by atoms with E-state index in [2.05, 4.69) is 36.1 Å². The predicted octanol–water partition coefficient (Wildman–Crippen LogP) is 3.10. The molecule has 1 saturated heterocycles. The summed E-state index contributed by atoms with van der Waals surface area (Å²) in [7, 11) is 0. The van der Waals surface area contributed by atoms with Crippen molar-refractivity contribution in [3.63, 3.8) is 0 Å². The molecule has 1 unspecified atom stereocenters. The van der Waals surface area contributed by atoms with Crippen LogP contribution in [0.4, 0.5) is 4.39 Å². The first-order valence-corrected chi connectivity index (χ1v) is 8.42. The second-order valence-electron chi connectivity index (χ2n) is 6.45. The number of halogens is 1. The van der Waals surface area contributed by atoms with Crippen molar-refractivity contribution in [2.75, 3.05) is 19.6 Å². The van der Waals surface area contributed by atoms with Gasteiger partial charge in [-0.1, -0.05) is 42.5 Å². The molecule has 0 aromatic heterocycles. The van der Waals surface area contributed by atoms with Crippen LogP contribution in [0.5, 0.6) is 0 Å². The number of carbonyl (C=O) groups excluding carboxylic acids is 1. The van der Waals surface area contributed by atoms with Gasteiger partial charge < -0.3 is 4.90 Å². The van der Waals surface area contributed by atoms with E-state index in [1.165, 1.54) is 17.7 Å². The van der Waals surface area contributed by atoms with Crippen molar-refractivity contribution in [1.82, 2.24) is 9.80 Å². The Morgan fingerprint density at radius 3 is 2.42 bits per heavy atom. The average molecular weight is 326 g/mol. The number of nitrogens with zero attached hydrogens (tertiary/aromatic N) is 2. The zero-order valence-electron chi connectivity index (χ0n) is 14.0. The molecule has 1 aliphatic heterocycles. The van der Waals surface area contributed by atoms with Gasteiger partial charge in [0.2, 0.25) is 5.91 Å². The van der Waals surface area contributed by atoms with E-state index in [4.69, 9.17) is 0 Å². The summed E-state index contributed by atoms with van der Waals surface area (Å²) in [5.74, 6) is -0.151. The number of hydrogen-bond donors (Lipinski definition) is 0. The number of amides is 1. The maximum atomic E-state index is 13.0. The van der Waals surface area contributed by atoms with E-state index >= 15 is 0 Å². The molecule has 2 aromatic rings. The van der Waals surface area contributed by atoms with E-state index in [0.29, 0.717) is 12.5 Å². The Morgan fingerprint density at radius 2 is 1.75 bits per heavy atom. The van der Waals surface area contributed by atoms with Crippen LogP contribution in [0.2, 0.25) is 0 Å². The lowest BCUT2D eigenvalue weighted by molar-refractivity contribution is -0.133. The van der Waals surface area contributed by atoms with Gasteiger partial charge in [-0.05, 0) is 30.2 Å². The third-order valence-corrected chi connectivity index (χ3v) is 4.61. The van der Waals surface area contributed by atoms with Gasteiger partial charge in [-0.2, -0.15) is 0 Å². The maximum absolute atomic E-state index is 13.0. The molecular weight excluding hydrogens is 303 g/mol. The van der Waals surface area contributed by atoms with E-state index in [1.807, 2.05) is 11.0 Å². The minimum Gasteiger partial charge on any atom is -0.340 e. The number of carbonyl (C=O) groups is 1. The van der Waals surface area contributed by atoms with Crippen LogP contribution in [-0.2, 0) is 17.8 Å². The van der Waals surface area contributed by atoms with Gasteiger partial charge in [0.25, 0.3) is 0 Å².